The predicted molar refractivity (Wildman–Crippen MR) is 91.3 cm³/mol. The molecular weight excluding hydrogens is 288 g/mol. The van der Waals surface area contributed by atoms with Crippen molar-refractivity contribution in [3.05, 3.63) is 11.6 Å². The average Bonchev–Trinajstić information content (AvgIpc) is 2.74. The zero-order valence-electron chi connectivity index (χ0n) is 15.4. The van der Waals surface area contributed by atoms with Crippen molar-refractivity contribution < 1.29 is 14.6 Å². The molecule has 1 saturated heterocycles. The summed E-state index contributed by atoms with van der Waals surface area (Å²) in [4.78, 5) is 11.3. The quantitative estimate of drug-likeness (QED) is 0.732. The SMILES string of the molecule is CC1=CCC2C(C)(C)CCC[C@]2(C)[C@@]12CC[C@](C)(CC(=O)O)O2. The van der Waals surface area contributed by atoms with Crippen LogP contribution in [-0.2, 0) is 9.53 Å². The summed E-state index contributed by atoms with van der Waals surface area (Å²) < 4.78 is 6.72. The Bertz CT molecular complexity index is 549. The molecule has 0 radical (unpaired) electrons. The first-order chi connectivity index (χ1) is 10.5. The molecule has 0 aromatic rings. The normalized spacial score (nSPS) is 45.6. The van der Waals surface area contributed by atoms with Gasteiger partial charge in [0.15, 0.2) is 0 Å². The van der Waals surface area contributed by atoms with Gasteiger partial charge in [-0.3, -0.25) is 4.79 Å². The highest BCUT2D eigenvalue weighted by Gasteiger charge is 2.64. The van der Waals surface area contributed by atoms with E-state index in [0.29, 0.717) is 11.3 Å². The highest BCUT2D eigenvalue weighted by atomic mass is 16.5. The molecule has 23 heavy (non-hydrogen) atoms. The van der Waals surface area contributed by atoms with Crippen LogP contribution in [-0.4, -0.2) is 22.3 Å². The third kappa shape index (κ3) is 2.38. The van der Waals surface area contributed by atoms with Crippen LogP contribution in [0.3, 0.4) is 0 Å². The van der Waals surface area contributed by atoms with Gasteiger partial charge in [-0.15, -0.1) is 0 Å². The summed E-state index contributed by atoms with van der Waals surface area (Å²) in [5.74, 6) is -0.146. The fraction of sp³-hybridized carbons (Fsp3) is 0.850. The minimum Gasteiger partial charge on any atom is -0.481 e. The van der Waals surface area contributed by atoms with Crippen LogP contribution in [0.25, 0.3) is 0 Å². The minimum atomic E-state index is -0.757. The zero-order valence-corrected chi connectivity index (χ0v) is 15.4. The molecular formula is C20H32O3. The summed E-state index contributed by atoms with van der Waals surface area (Å²) in [6, 6.07) is 0. The number of hydrogen-bond acceptors (Lipinski definition) is 2. The summed E-state index contributed by atoms with van der Waals surface area (Å²) in [7, 11) is 0. The van der Waals surface area contributed by atoms with Crippen molar-refractivity contribution in [3.63, 3.8) is 0 Å². The number of carbonyl (C=O) groups is 1. The fourth-order valence-electron chi connectivity index (χ4n) is 6.18. The summed E-state index contributed by atoms with van der Waals surface area (Å²) >= 11 is 0. The molecule has 4 atom stereocenters. The van der Waals surface area contributed by atoms with Gasteiger partial charge in [0.2, 0.25) is 0 Å². The fourth-order valence-corrected chi connectivity index (χ4v) is 6.18. The number of hydrogen-bond donors (Lipinski definition) is 1. The van der Waals surface area contributed by atoms with Crippen LogP contribution in [0.5, 0.6) is 0 Å². The Balaban J connectivity index is 2.02. The lowest BCUT2D eigenvalue weighted by molar-refractivity contribution is -0.193. The van der Waals surface area contributed by atoms with Crippen LogP contribution in [0.2, 0.25) is 0 Å². The monoisotopic (exact) mass is 320 g/mol. The topological polar surface area (TPSA) is 46.5 Å². The molecule has 2 fully saturated rings. The van der Waals surface area contributed by atoms with Gasteiger partial charge in [0.1, 0.15) is 0 Å². The Labute approximate surface area is 140 Å². The maximum absolute atomic E-state index is 11.3. The van der Waals surface area contributed by atoms with Crippen molar-refractivity contribution in [1.82, 2.24) is 0 Å². The second-order valence-corrected chi connectivity index (χ2v) is 9.38. The lowest BCUT2D eigenvalue weighted by Crippen LogP contribution is -2.59. The molecule has 0 amide bonds. The number of carboxylic acids is 1. The molecule has 0 aromatic heterocycles. The molecule has 1 unspecified atom stereocenters. The van der Waals surface area contributed by atoms with Crippen LogP contribution >= 0.6 is 0 Å². The van der Waals surface area contributed by atoms with Crippen LogP contribution in [0.4, 0.5) is 0 Å². The van der Waals surface area contributed by atoms with Gasteiger partial charge in [0.05, 0.1) is 17.6 Å². The van der Waals surface area contributed by atoms with Gasteiger partial charge in [0.25, 0.3) is 0 Å². The third-order valence-corrected chi connectivity index (χ3v) is 7.40. The summed E-state index contributed by atoms with van der Waals surface area (Å²) in [6.45, 7) is 11.4. The maximum atomic E-state index is 11.3. The molecule has 1 spiro atoms. The van der Waals surface area contributed by atoms with Crippen molar-refractivity contribution in [3.8, 4) is 0 Å². The Hall–Kier alpha value is -0.830. The van der Waals surface area contributed by atoms with Gasteiger partial charge in [0, 0.05) is 5.41 Å². The summed E-state index contributed by atoms with van der Waals surface area (Å²) in [6.07, 6.45) is 9.13. The van der Waals surface area contributed by atoms with Crippen LogP contribution in [0, 0.1) is 16.7 Å². The van der Waals surface area contributed by atoms with Crippen molar-refractivity contribution in [2.75, 3.05) is 0 Å². The first-order valence-electron chi connectivity index (χ1n) is 9.14. The second kappa shape index (κ2) is 5.08. The van der Waals surface area contributed by atoms with Gasteiger partial charge in [-0.1, -0.05) is 33.3 Å². The second-order valence-electron chi connectivity index (χ2n) is 9.38. The molecule has 3 nitrogen and oxygen atoms in total. The Morgan fingerprint density at radius 2 is 1.91 bits per heavy atom. The number of rotatable bonds is 2. The van der Waals surface area contributed by atoms with E-state index in [1.807, 2.05) is 6.92 Å². The molecule has 3 heteroatoms. The lowest BCUT2D eigenvalue weighted by atomic mass is 9.46. The lowest BCUT2D eigenvalue weighted by Gasteiger charge is -2.61. The van der Waals surface area contributed by atoms with E-state index >= 15 is 0 Å². The molecule has 1 saturated carbocycles. The maximum Gasteiger partial charge on any atom is 0.306 e. The van der Waals surface area contributed by atoms with E-state index in [-0.39, 0.29) is 17.4 Å². The molecule has 0 bridgehead atoms. The van der Waals surface area contributed by atoms with E-state index in [1.54, 1.807) is 0 Å². The number of ether oxygens (including phenoxy) is 1. The zero-order chi connectivity index (χ0) is 17.1. The van der Waals surface area contributed by atoms with E-state index in [9.17, 15) is 9.90 Å². The number of aliphatic carboxylic acids is 1. The minimum absolute atomic E-state index is 0.103. The van der Waals surface area contributed by atoms with Crippen molar-refractivity contribution >= 4 is 5.97 Å². The van der Waals surface area contributed by atoms with Crippen LogP contribution in [0.15, 0.2) is 11.6 Å². The average molecular weight is 320 g/mol. The molecule has 3 aliphatic rings. The summed E-state index contributed by atoms with van der Waals surface area (Å²) in [5, 5.41) is 9.28. The summed E-state index contributed by atoms with van der Waals surface area (Å²) in [5.41, 5.74) is 0.976. The smallest absolute Gasteiger partial charge is 0.306 e. The van der Waals surface area contributed by atoms with Gasteiger partial charge < -0.3 is 9.84 Å². The molecule has 1 aliphatic heterocycles. The Kier molecular flexibility index (Phi) is 3.76. The van der Waals surface area contributed by atoms with Gasteiger partial charge >= 0.3 is 5.97 Å². The van der Waals surface area contributed by atoms with Crippen LogP contribution < -0.4 is 0 Å². The first-order valence-corrected chi connectivity index (χ1v) is 9.14. The molecule has 1 heterocycles. The van der Waals surface area contributed by atoms with Crippen molar-refractivity contribution in [2.24, 2.45) is 16.7 Å². The largest absolute Gasteiger partial charge is 0.481 e. The van der Waals surface area contributed by atoms with Crippen molar-refractivity contribution in [2.45, 2.75) is 90.8 Å². The van der Waals surface area contributed by atoms with Gasteiger partial charge in [-0.05, 0) is 62.9 Å². The number of fused-ring (bicyclic) bond motifs is 2. The number of carboxylic acid groups (broad SMARTS) is 1. The van der Waals surface area contributed by atoms with Gasteiger partial charge in [-0.2, -0.15) is 0 Å². The van der Waals surface area contributed by atoms with Crippen molar-refractivity contribution in [1.29, 1.82) is 0 Å². The number of allylic oxidation sites excluding steroid dienone is 1. The van der Waals surface area contributed by atoms with E-state index in [1.165, 1.54) is 24.8 Å². The molecule has 2 aliphatic carbocycles. The highest BCUT2D eigenvalue weighted by Crippen LogP contribution is 2.66. The molecule has 0 aromatic carbocycles. The van der Waals surface area contributed by atoms with Gasteiger partial charge in [-0.25, -0.2) is 0 Å². The molecule has 3 rings (SSSR count). The molecule has 1 N–H and O–H groups in total. The Morgan fingerprint density at radius 1 is 1.22 bits per heavy atom. The third-order valence-electron chi connectivity index (χ3n) is 7.40. The predicted octanol–water partition coefficient (Wildman–Crippen LogP) is 4.95. The van der Waals surface area contributed by atoms with E-state index in [0.717, 1.165) is 19.3 Å². The highest BCUT2D eigenvalue weighted by molar-refractivity contribution is 5.68. The van der Waals surface area contributed by atoms with E-state index in [4.69, 9.17) is 4.74 Å². The Morgan fingerprint density at radius 3 is 2.57 bits per heavy atom. The standard InChI is InChI=1S/C20H32O3/c1-14-7-8-15-17(2,3)9-6-10-19(15,5)20(14)12-11-18(4,23-20)13-16(21)22/h7,15H,6,8-13H2,1-5H3,(H,21,22)/t15?,18-,19+,20-/m1/s1. The van der Waals surface area contributed by atoms with E-state index in [2.05, 4.69) is 33.8 Å². The van der Waals surface area contributed by atoms with E-state index < -0.39 is 11.6 Å². The van der Waals surface area contributed by atoms with Crippen LogP contribution in [0.1, 0.15) is 79.6 Å². The molecule has 130 valence electrons. The first kappa shape index (κ1) is 17.0.